The van der Waals surface area contributed by atoms with Gasteiger partial charge in [0.15, 0.2) is 0 Å². The second-order valence-electron chi connectivity index (χ2n) is 8.69. The summed E-state index contributed by atoms with van der Waals surface area (Å²) < 4.78 is 39.8. The van der Waals surface area contributed by atoms with Gasteiger partial charge < -0.3 is 10.2 Å². The number of rotatable bonds is 5. The van der Waals surface area contributed by atoms with Crippen molar-refractivity contribution in [3.8, 4) is 11.1 Å². The van der Waals surface area contributed by atoms with Crippen molar-refractivity contribution >= 4 is 44.8 Å². The fourth-order valence-corrected chi connectivity index (χ4v) is 5.80. The van der Waals surface area contributed by atoms with E-state index in [-0.39, 0.29) is 11.8 Å². The first kappa shape index (κ1) is 25.2. The Balaban J connectivity index is 1.30. The first-order chi connectivity index (χ1) is 17.7. The Kier molecular flexibility index (Phi) is 6.92. The third kappa shape index (κ3) is 5.62. The summed E-state index contributed by atoms with van der Waals surface area (Å²) >= 11 is 4.96. The minimum atomic E-state index is -4.43. The van der Waals surface area contributed by atoms with Crippen molar-refractivity contribution in [3.05, 3.63) is 110 Å². The van der Waals surface area contributed by atoms with Gasteiger partial charge in [0, 0.05) is 29.2 Å². The van der Waals surface area contributed by atoms with E-state index in [0.717, 1.165) is 31.9 Å². The highest BCUT2D eigenvalue weighted by Crippen LogP contribution is 2.33. The van der Waals surface area contributed by atoms with Crippen molar-refractivity contribution < 1.29 is 22.8 Å². The van der Waals surface area contributed by atoms with Gasteiger partial charge in [0.05, 0.1) is 15.8 Å². The number of anilines is 1. The number of hydrogen-bond acceptors (Lipinski definition) is 3. The summed E-state index contributed by atoms with van der Waals surface area (Å²) in [6, 6.07) is 21.0. The monoisotopic (exact) mass is 584 g/mol. The number of carbonyl (C=O) groups is 2. The second kappa shape index (κ2) is 10.1. The van der Waals surface area contributed by atoms with Crippen molar-refractivity contribution in [1.82, 2.24) is 4.90 Å². The Bertz CT molecular complexity index is 1480. The highest BCUT2D eigenvalue weighted by molar-refractivity contribution is 9.11. The molecule has 0 spiro atoms. The number of nitrogens with zero attached hydrogens (tertiary/aromatic N) is 1. The Morgan fingerprint density at radius 2 is 1.65 bits per heavy atom. The average Bonchev–Trinajstić information content (AvgIpc) is 3.49. The van der Waals surface area contributed by atoms with Gasteiger partial charge in [-0.15, -0.1) is 11.3 Å². The molecular weight excluding hydrogens is 565 g/mol. The topological polar surface area (TPSA) is 49.4 Å². The fraction of sp³-hybridized carbons (Fsp3) is 0.143. The molecule has 0 bridgehead atoms. The fourth-order valence-electron chi connectivity index (χ4n) is 4.33. The molecule has 1 aromatic heterocycles. The third-order valence-corrected chi connectivity index (χ3v) is 7.81. The van der Waals surface area contributed by atoms with Gasteiger partial charge in [-0.3, -0.25) is 9.59 Å². The summed E-state index contributed by atoms with van der Waals surface area (Å²) in [6.07, 6.45) is -4.08. The van der Waals surface area contributed by atoms with E-state index in [1.165, 1.54) is 23.5 Å². The number of halogens is 4. The van der Waals surface area contributed by atoms with E-state index in [2.05, 4.69) is 21.2 Å². The summed E-state index contributed by atoms with van der Waals surface area (Å²) in [7, 11) is 0. The van der Waals surface area contributed by atoms with E-state index in [4.69, 9.17) is 0 Å². The largest absolute Gasteiger partial charge is 0.416 e. The van der Waals surface area contributed by atoms with E-state index in [1.54, 1.807) is 35.2 Å². The lowest BCUT2D eigenvalue weighted by Crippen LogP contribution is -2.26. The molecule has 4 aromatic rings. The molecule has 0 unspecified atom stereocenters. The molecule has 0 saturated carbocycles. The molecule has 5 rings (SSSR count). The molecule has 0 aliphatic carbocycles. The van der Waals surface area contributed by atoms with Gasteiger partial charge >= 0.3 is 6.18 Å². The van der Waals surface area contributed by atoms with Crippen LogP contribution in [0.1, 0.15) is 31.9 Å². The van der Waals surface area contributed by atoms with E-state index in [9.17, 15) is 22.8 Å². The Hall–Kier alpha value is -3.43. The molecule has 0 fully saturated rings. The molecule has 2 heterocycles. The predicted molar refractivity (Wildman–Crippen MR) is 141 cm³/mol. The zero-order chi connectivity index (χ0) is 26.2. The highest BCUT2D eigenvalue weighted by atomic mass is 79.9. The number of hydrogen-bond donors (Lipinski definition) is 1. The minimum absolute atomic E-state index is 0.0432. The van der Waals surface area contributed by atoms with Crippen molar-refractivity contribution in [2.45, 2.75) is 25.7 Å². The number of alkyl halides is 3. The quantitative estimate of drug-likeness (QED) is 0.263. The Morgan fingerprint density at radius 1 is 0.919 bits per heavy atom. The van der Waals surface area contributed by atoms with Gasteiger partial charge in [0.25, 0.3) is 5.91 Å². The maximum atomic E-state index is 13.2. The maximum absolute atomic E-state index is 13.2. The van der Waals surface area contributed by atoms with Crippen molar-refractivity contribution in [2.24, 2.45) is 0 Å². The third-order valence-electron chi connectivity index (χ3n) is 6.19. The normalized spacial score (nSPS) is 12.9. The number of fused-ring (bicyclic) bond motifs is 1. The SMILES string of the molecule is O=C(Nc1ccc2c(c1)CN(C(=O)Cc1ccc(Br)s1)C2)c1ccccc1-c1ccc(C(F)(F)F)cc1. The molecule has 0 atom stereocenters. The average molecular weight is 585 g/mol. The molecule has 1 aliphatic rings. The molecule has 9 heteroatoms. The highest BCUT2D eigenvalue weighted by Gasteiger charge is 2.30. The van der Waals surface area contributed by atoms with Crippen LogP contribution in [0.2, 0.25) is 0 Å². The number of carbonyl (C=O) groups excluding carboxylic acids is 2. The smallest absolute Gasteiger partial charge is 0.334 e. The molecule has 0 radical (unpaired) electrons. The molecular formula is C28H20BrF3N2O2S. The standard InChI is InChI=1S/C28H20BrF3N2O2S/c29-25-12-11-22(37-25)14-26(35)34-15-18-7-10-21(13-19(18)16-34)33-27(36)24-4-2-1-3-23(24)17-5-8-20(9-6-17)28(30,31)32/h1-13H,14-16H2,(H,33,36). The molecule has 2 amide bonds. The van der Waals surface area contributed by atoms with Crippen LogP contribution in [-0.2, 0) is 30.5 Å². The maximum Gasteiger partial charge on any atom is 0.416 e. The molecule has 37 heavy (non-hydrogen) atoms. The van der Waals surface area contributed by atoms with Crippen LogP contribution < -0.4 is 5.32 Å². The van der Waals surface area contributed by atoms with Crippen LogP contribution in [0.25, 0.3) is 11.1 Å². The zero-order valence-corrected chi connectivity index (χ0v) is 21.7. The van der Waals surface area contributed by atoms with Crippen LogP contribution >= 0.6 is 27.3 Å². The van der Waals surface area contributed by atoms with Crippen molar-refractivity contribution in [3.63, 3.8) is 0 Å². The summed E-state index contributed by atoms with van der Waals surface area (Å²) in [6.45, 7) is 0.984. The van der Waals surface area contributed by atoms with Crippen LogP contribution in [0.3, 0.4) is 0 Å². The summed E-state index contributed by atoms with van der Waals surface area (Å²) in [5.41, 5.74) is 3.24. The molecule has 0 saturated heterocycles. The Labute approximate surface area is 223 Å². The number of benzene rings is 3. The van der Waals surface area contributed by atoms with Crippen LogP contribution in [0.4, 0.5) is 18.9 Å². The molecule has 1 N–H and O–H groups in total. The summed E-state index contributed by atoms with van der Waals surface area (Å²) in [5, 5.41) is 2.89. The van der Waals surface area contributed by atoms with Gasteiger partial charge in [-0.05, 0) is 80.6 Å². The van der Waals surface area contributed by atoms with Crippen LogP contribution in [0.5, 0.6) is 0 Å². The molecule has 4 nitrogen and oxygen atoms in total. The van der Waals surface area contributed by atoms with Crippen molar-refractivity contribution in [1.29, 1.82) is 0 Å². The first-order valence-electron chi connectivity index (χ1n) is 11.4. The lowest BCUT2D eigenvalue weighted by Gasteiger charge is -2.14. The Morgan fingerprint density at radius 3 is 2.35 bits per heavy atom. The zero-order valence-electron chi connectivity index (χ0n) is 19.3. The van der Waals surface area contributed by atoms with Gasteiger partial charge in [0.2, 0.25) is 5.91 Å². The van der Waals surface area contributed by atoms with Crippen LogP contribution in [0.15, 0.2) is 82.6 Å². The van der Waals surface area contributed by atoms with Gasteiger partial charge in [-0.25, -0.2) is 0 Å². The number of nitrogens with one attached hydrogen (secondary N) is 1. The van der Waals surface area contributed by atoms with Gasteiger partial charge in [-0.2, -0.15) is 13.2 Å². The summed E-state index contributed by atoms with van der Waals surface area (Å²) in [4.78, 5) is 28.7. The lowest BCUT2D eigenvalue weighted by molar-refractivity contribution is -0.137. The van der Waals surface area contributed by atoms with E-state index in [1.807, 2.05) is 24.3 Å². The second-order valence-corrected chi connectivity index (χ2v) is 11.2. The van der Waals surface area contributed by atoms with Crippen LogP contribution in [0, 0.1) is 0 Å². The van der Waals surface area contributed by atoms with E-state index >= 15 is 0 Å². The minimum Gasteiger partial charge on any atom is -0.334 e. The van der Waals surface area contributed by atoms with Crippen molar-refractivity contribution in [2.75, 3.05) is 5.32 Å². The van der Waals surface area contributed by atoms with Gasteiger partial charge in [-0.1, -0.05) is 36.4 Å². The number of amides is 2. The lowest BCUT2D eigenvalue weighted by atomic mass is 9.98. The van der Waals surface area contributed by atoms with E-state index < -0.39 is 11.7 Å². The number of thiophene rings is 1. The molecule has 1 aliphatic heterocycles. The van der Waals surface area contributed by atoms with E-state index in [0.29, 0.717) is 41.9 Å². The molecule has 188 valence electrons. The van der Waals surface area contributed by atoms with Crippen LogP contribution in [-0.4, -0.2) is 16.7 Å². The summed E-state index contributed by atoms with van der Waals surface area (Å²) in [5.74, 6) is -0.328. The first-order valence-corrected chi connectivity index (χ1v) is 13.0. The molecule has 3 aromatic carbocycles. The van der Waals surface area contributed by atoms with Gasteiger partial charge in [0.1, 0.15) is 0 Å². The predicted octanol–water partition coefficient (Wildman–Crippen LogP) is 7.53.